The maximum atomic E-state index is 11.8. The van der Waals surface area contributed by atoms with Crippen LogP contribution in [0, 0.1) is 0 Å². The molecule has 8 rings (SSSR count). The Hall–Kier alpha value is -3.94. The molecule has 0 unspecified atom stereocenters. The fourth-order valence-electron chi connectivity index (χ4n) is 7.73. The van der Waals surface area contributed by atoms with E-state index in [1.807, 2.05) is 72.8 Å². The molecule has 6 nitrogen and oxygen atoms in total. The van der Waals surface area contributed by atoms with Crippen LogP contribution in [0.4, 0.5) is 11.4 Å². The molecule has 246 valence electrons. The predicted molar refractivity (Wildman–Crippen MR) is 199 cm³/mol. The summed E-state index contributed by atoms with van der Waals surface area (Å²) in [4.78, 5) is 7.19. The SMILES string of the molecule is OCC(O)(c1ccc(-c2cc3cc(Cl)cc(NC4CCCC4)c3[nH]2)cc1)c1ccc(-c2cc3cc(Cl)cc(NC4CCCC4)c3[nH]2)cc1. The number of aromatic amines is 2. The van der Waals surface area contributed by atoms with Gasteiger partial charge in [0.05, 0.1) is 29.0 Å². The molecule has 48 heavy (non-hydrogen) atoms. The Labute approximate surface area is 290 Å². The quantitative estimate of drug-likeness (QED) is 0.0917. The number of hydrogen-bond donors (Lipinski definition) is 6. The second-order valence-electron chi connectivity index (χ2n) is 13.6. The lowest BCUT2D eigenvalue weighted by molar-refractivity contribution is 0.0173. The van der Waals surface area contributed by atoms with Gasteiger partial charge < -0.3 is 30.8 Å². The van der Waals surface area contributed by atoms with Gasteiger partial charge in [0, 0.05) is 44.3 Å². The molecule has 2 aliphatic rings. The summed E-state index contributed by atoms with van der Waals surface area (Å²) in [7, 11) is 0. The molecule has 0 aliphatic heterocycles. The van der Waals surface area contributed by atoms with Crippen molar-refractivity contribution in [3.05, 3.63) is 106 Å². The van der Waals surface area contributed by atoms with Crippen LogP contribution in [0.5, 0.6) is 0 Å². The van der Waals surface area contributed by atoms with E-state index in [-0.39, 0.29) is 0 Å². The first-order valence-corrected chi connectivity index (χ1v) is 17.8. The van der Waals surface area contributed by atoms with Crippen LogP contribution in [0.3, 0.4) is 0 Å². The zero-order valence-corrected chi connectivity index (χ0v) is 28.3. The van der Waals surface area contributed by atoms with E-state index in [2.05, 4.69) is 32.7 Å². The van der Waals surface area contributed by atoms with Crippen LogP contribution in [-0.2, 0) is 5.60 Å². The van der Waals surface area contributed by atoms with Gasteiger partial charge in [-0.3, -0.25) is 0 Å². The summed E-state index contributed by atoms with van der Waals surface area (Å²) in [5, 5.41) is 33.2. The summed E-state index contributed by atoms with van der Waals surface area (Å²) in [5.74, 6) is 0. The third-order valence-corrected chi connectivity index (χ3v) is 10.8. The van der Waals surface area contributed by atoms with Crippen LogP contribution >= 0.6 is 23.2 Å². The van der Waals surface area contributed by atoms with E-state index in [1.165, 1.54) is 51.4 Å². The molecule has 2 fully saturated rings. The molecule has 8 heteroatoms. The Kier molecular flexibility index (Phi) is 8.37. The molecule has 2 aliphatic carbocycles. The maximum Gasteiger partial charge on any atom is 0.138 e. The minimum Gasteiger partial charge on any atom is -0.393 e. The van der Waals surface area contributed by atoms with Crippen molar-refractivity contribution in [2.75, 3.05) is 17.2 Å². The van der Waals surface area contributed by atoms with E-state index in [4.69, 9.17) is 23.2 Å². The first-order valence-electron chi connectivity index (χ1n) is 17.1. The molecule has 0 bridgehead atoms. The van der Waals surface area contributed by atoms with Gasteiger partial charge in [-0.15, -0.1) is 0 Å². The number of halogens is 2. The van der Waals surface area contributed by atoms with Crippen LogP contribution in [0.15, 0.2) is 84.9 Å². The molecule has 4 aromatic carbocycles. The minimum atomic E-state index is -1.56. The standard InChI is InChI=1S/C40H40Cl2N4O2/c41-30-17-26-19-34(45-38(26)36(21-30)43-32-5-1-2-6-32)24-9-13-28(14-10-24)40(48,23-47)29-15-11-25(12-16-29)35-20-27-18-31(42)22-37(39(27)46-35)44-33-7-3-4-8-33/h9-22,32-33,43-48H,1-8,23H2. The van der Waals surface area contributed by atoms with Crippen molar-refractivity contribution in [1.82, 2.24) is 9.97 Å². The molecular weight excluding hydrogens is 639 g/mol. The summed E-state index contributed by atoms with van der Waals surface area (Å²) >= 11 is 13.0. The lowest BCUT2D eigenvalue weighted by Gasteiger charge is -2.27. The lowest BCUT2D eigenvalue weighted by Crippen LogP contribution is -2.31. The molecule has 0 atom stereocenters. The number of fused-ring (bicyclic) bond motifs is 2. The summed E-state index contributed by atoms with van der Waals surface area (Å²) in [6.45, 7) is -0.451. The zero-order valence-electron chi connectivity index (χ0n) is 26.8. The topological polar surface area (TPSA) is 96.1 Å². The predicted octanol–water partition coefficient (Wildman–Crippen LogP) is 10.2. The van der Waals surface area contributed by atoms with Crippen molar-refractivity contribution in [2.45, 2.75) is 69.1 Å². The number of nitrogens with one attached hydrogen (secondary N) is 4. The molecule has 2 saturated carbocycles. The van der Waals surface area contributed by atoms with Crippen LogP contribution < -0.4 is 10.6 Å². The zero-order chi connectivity index (χ0) is 32.8. The van der Waals surface area contributed by atoms with Crippen LogP contribution in [0.1, 0.15) is 62.5 Å². The lowest BCUT2D eigenvalue weighted by atomic mass is 9.86. The van der Waals surface area contributed by atoms with E-state index in [1.54, 1.807) is 0 Å². The van der Waals surface area contributed by atoms with Gasteiger partial charge in [-0.25, -0.2) is 0 Å². The molecule has 6 N–H and O–H groups in total. The van der Waals surface area contributed by atoms with Crippen molar-refractivity contribution < 1.29 is 10.2 Å². The fourth-order valence-corrected chi connectivity index (χ4v) is 8.19. The van der Waals surface area contributed by atoms with Crippen molar-refractivity contribution in [2.24, 2.45) is 0 Å². The normalized spacial score (nSPS) is 16.0. The van der Waals surface area contributed by atoms with Gasteiger partial charge >= 0.3 is 0 Å². The first kappa shape index (κ1) is 31.3. The molecule has 0 spiro atoms. The van der Waals surface area contributed by atoms with E-state index >= 15 is 0 Å². The Morgan fingerprint density at radius 2 is 1.00 bits per heavy atom. The highest BCUT2D eigenvalue weighted by Gasteiger charge is 2.31. The van der Waals surface area contributed by atoms with Crippen LogP contribution in [0.25, 0.3) is 44.3 Å². The van der Waals surface area contributed by atoms with Gasteiger partial charge in [0.1, 0.15) is 5.60 Å². The van der Waals surface area contributed by atoms with E-state index < -0.39 is 12.2 Å². The molecule has 0 saturated heterocycles. The van der Waals surface area contributed by atoms with Gasteiger partial charge in [-0.2, -0.15) is 0 Å². The third-order valence-electron chi connectivity index (χ3n) is 10.4. The summed E-state index contributed by atoms with van der Waals surface area (Å²) in [6, 6.07) is 28.6. The van der Waals surface area contributed by atoms with Gasteiger partial charge in [0.25, 0.3) is 0 Å². The average Bonchev–Trinajstić information content (AvgIpc) is 3.92. The molecule has 2 aromatic heterocycles. The fraction of sp³-hybridized carbons (Fsp3) is 0.300. The van der Waals surface area contributed by atoms with Crippen molar-refractivity contribution in [3.63, 3.8) is 0 Å². The number of hydrogen-bond acceptors (Lipinski definition) is 4. The van der Waals surface area contributed by atoms with Crippen LogP contribution in [-0.4, -0.2) is 38.9 Å². The van der Waals surface area contributed by atoms with Gasteiger partial charge in [0.2, 0.25) is 0 Å². The largest absolute Gasteiger partial charge is 0.393 e. The number of rotatable bonds is 9. The van der Waals surface area contributed by atoms with E-state index in [0.29, 0.717) is 33.3 Å². The number of aromatic nitrogens is 2. The Bertz CT molecular complexity index is 1930. The second-order valence-corrected chi connectivity index (χ2v) is 14.5. The minimum absolute atomic E-state index is 0.451. The number of H-pyrrole nitrogens is 2. The summed E-state index contributed by atoms with van der Waals surface area (Å²) < 4.78 is 0. The summed E-state index contributed by atoms with van der Waals surface area (Å²) in [5.41, 5.74) is 7.70. The number of anilines is 2. The first-order chi connectivity index (χ1) is 23.4. The number of aliphatic hydroxyl groups is 2. The van der Waals surface area contributed by atoms with Gasteiger partial charge in [0.15, 0.2) is 0 Å². The average molecular weight is 680 g/mol. The Morgan fingerprint density at radius 1 is 0.604 bits per heavy atom. The monoisotopic (exact) mass is 678 g/mol. The molecule has 2 heterocycles. The molecule has 6 aromatic rings. The number of benzene rings is 4. The van der Waals surface area contributed by atoms with Crippen LogP contribution in [0.2, 0.25) is 10.0 Å². The number of aliphatic hydroxyl groups excluding tert-OH is 1. The highest BCUT2D eigenvalue weighted by Crippen LogP contribution is 2.38. The van der Waals surface area contributed by atoms with E-state index in [9.17, 15) is 10.2 Å². The van der Waals surface area contributed by atoms with Crippen molar-refractivity contribution in [1.29, 1.82) is 0 Å². The molecule has 0 amide bonds. The van der Waals surface area contributed by atoms with Gasteiger partial charge in [-0.1, -0.05) is 97.4 Å². The smallest absolute Gasteiger partial charge is 0.138 e. The van der Waals surface area contributed by atoms with Crippen molar-refractivity contribution in [3.8, 4) is 22.5 Å². The van der Waals surface area contributed by atoms with E-state index in [0.717, 1.165) is 55.7 Å². The Balaban J connectivity index is 1.04. The highest BCUT2D eigenvalue weighted by atomic mass is 35.5. The maximum absolute atomic E-state index is 11.8. The third kappa shape index (κ3) is 5.96. The molecular formula is C40H40Cl2N4O2. The van der Waals surface area contributed by atoms with Gasteiger partial charge in [-0.05, 0) is 84.3 Å². The molecule has 0 radical (unpaired) electrons. The Morgan fingerprint density at radius 3 is 1.38 bits per heavy atom. The summed E-state index contributed by atoms with van der Waals surface area (Å²) in [6.07, 6.45) is 9.74. The second kappa shape index (κ2) is 12.8. The highest BCUT2D eigenvalue weighted by molar-refractivity contribution is 6.32. The van der Waals surface area contributed by atoms with Crippen molar-refractivity contribution >= 4 is 56.4 Å².